The van der Waals surface area contributed by atoms with Gasteiger partial charge in [0.25, 0.3) is 5.91 Å². The molecule has 1 amide bonds. The molecule has 4 aliphatic rings. The first-order chi connectivity index (χ1) is 15.6. The Kier molecular flexibility index (Phi) is 4.18. The minimum atomic E-state index is -4.64. The van der Waals surface area contributed by atoms with Gasteiger partial charge >= 0.3 is 6.36 Å². The van der Waals surface area contributed by atoms with Crippen molar-refractivity contribution in [3.05, 3.63) is 53.6 Å². The molecule has 172 valence electrons. The number of halogens is 4. The number of aromatic nitrogens is 3. The maximum absolute atomic E-state index is 13.3. The maximum atomic E-state index is 13.3. The number of benzene rings is 1. The molecule has 2 bridgehead atoms. The van der Waals surface area contributed by atoms with Gasteiger partial charge in [-0.25, -0.2) is 9.37 Å². The molecule has 4 saturated carbocycles. The Bertz CT molecular complexity index is 1250. The molecule has 3 aromatic rings. The highest BCUT2D eigenvalue weighted by atomic mass is 19.4. The lowest BCUT2D eigenvalue weighted by Crippen LogP contribution is -2.76. The lowest BCUT2D eigenvalue weighted by Gasteiger charge is -2.68. The number of nitrogens with zero attached hydrogens (tertiary/aromatic N) is 3. The molecule has 0 atom stereocenters. The van der Waals surface area contributed by atoms with E-state index in [-0.39, 0.29) is 47.1 Å². The molecule has 4 fully saturated rings. The number of fused-ring (bicyclic) bond motifs is 1. The van der Waals surface area contributed by atoms with Crippen LogP contribution in [0.3, 0.4) is 0 Å². The van der Waals surface area contributed by atoms with Crippen LogP contribution in [-0.2, 0) is 10.2 Å². The van der Waals surface area contributed by atoms with Gasteiger partial charge in [-0.1, -0.05) is 6.07 Å². The average molecular weight is 462 g/mol. The summed E-state index contributed by atoms with van der Waals surface area (Å²) in [5.74, 6) is -0.0825. The fraction of sp³-hybridized carbons (Fsp3) is 0.455. The van der Waals surface area contributed by atoms with Crippen molar-refractivity contribution in [2.75, 3.05) is 0 Å². The topological polar surface area (TPSA) is 90.1 Å². The zero-order chi connectivity index (χ0) is 23.0. The van der Waals surface area contributed by atoms with Crippen LogP contribution in [0.1, 0.15) is 60.3 Å². The number of hydrogen-bond acceptors (Lipinski definition) is 6. The van der Waals surface area contributed by atoms with E-state index in [1.54, 1.807) is 12.1 Å². The Morgan fingerprint density at radius 1 is 1.12 bits per heavy atom. The van der Waals surface area contributed by atoms with Crippen LogP contribution in [0.25, 0.3) is 10.9 Å². The highest BCUT2D eigenvalue weighted by molar-refractivity contribution is 5.95. The van der Waals surface area contributed by atoms with E-state index < -0.39 is 12.5 Å². The molecule has 0 unspecified atom stereocenters. The molecule has 7 nitrogen and oxygen atoms in total. The molecular formula is C22H18F4N4O3. The fourth-order valence-electron chi connectivity index (χ4n) is 5.34. The molecule has 2 aromatic heterocycles. The lowest BCUT2D eigenvalue weighted by atomic mass is 9.39. The second kappa shape index (κ2) is 6.72. The van der Waals surface area contributed by atoms with Gasteiger partial charge in [0.1, 0.15) is 11.5 Å². The van der Waals surface area contributed by atoms with E-state index in [4.69, 9.17) is 4.42 Å². The van der Waals surface area contributed by atoms with E-state index in [1.807, 2.05) is 0 Å². The number of alkyl halides is 3. The summed E-state index contributed by atoms with van der Waals surface area (Å²) in [5, 5.41) is 11.8. The molecule has 1 N–H and O–H groups in total. The average Bonchev–Trinajstić information content (AvgIpc) is 3.13. The molecule has 0 saturated heterocycles. The first kappa shape index (κ1) is 20.5. The standard InChI is InChI=1S/C22H18F4N4O3/c23-13-2-4-15-11(5-13)1-3-16(27-15)17(31)28-21-8-20(9-21,10-21)19-30-29-18(32-19)12-6-14(7-12)33-22(24,25)26/h1-5,12,14H,6-10H2,(H,28,31)/t12-,14+,20?,21?. The predicted octanol–water partition coefficient (Wildman–Crippen LogP) is 4.14. The number of carbonyl (C=O) groups excluding carboxylic acids is 1. The normalized spacial score (nSPS) is 30.3. The quantitative estimate of drug-likeness (QED) is 0.573. The number of hydrogen-bond donors (Lipinski definition) is 1. The Balaban J connectivity index is 1.06. The number of nitrogens with one attached hydrogen (secondary N) is 1. The third-order valence-electron chi connectivity index (χ3n) is 6.93. The van der Waals surface area contributed by atoms with Crippen LogP contribution in [0.15, 0.2) is 34.7 Å². The summed E-state index contributed by atoms with van der Waals surface area (Å²) in [6.45, 7) is 0. The van der Waals surface area contributed by atoms with Crippen molar-refractivity contribution in [3.63, 3.8) is 0 Å². The first-order valence-electron chi connectivity index (χ1n) is 10.6. The third-order valence-corrected chi connectivity index (χ3v) is 6.93. The minimum absolute atomic E-state index is 0.194. The van der Waals surface area contributed by atoms with Crippen LogP contribution < -0.4 is 5.32 Å². The summed E-state index contributed by atoms with van der Waals surface area (Å²) < 4.78 is 59.9. The summed E-state index contributed by atoms with van der Waals surface area (Å²) in [6.07, 6.45) is -3.18. The SMILES string of the molecule is O=C(NC12CC(c3nnc([C@H]4C[C@@H](OC(F)(F)F)C4)o3)(C1)C2)c1ccc2cc(F)ccc2n1. The molecule has 1 aromatic carbocycles. The number of carbonyl (C=O) groups is 1. The predicted molar refractivity (Wildman–Crippen MR) is 105 cm³/mol. The monoisotopic (exact) mass is 462 g/mol. The van der Waals surface area contributed by atoms with Gasteiger partial charge in [-0.15, -0.1) is 23.4 Å². The molecule has 0 radical (unpaired) electrons. The minimum Gasteiger partial charge on any atom is -0.424 e. The van der Waals surface area contributed by atoms with Gasteiger partial charge in [-0.3, -0.25) is 9.53 Å². The van der Waals surface area contributed by atoms with E-state index in [0.717, 1.165) is 0 Å². The first-order valence-corrected chi connectivity index (χ1v) is 10.6. The highest BCUT2D eigenvalue weighted by Crippen LogP contribution is 2.67. The van der Waals surface area contributed by atoms with Crippen molar-refractivity contribution in [3.8, 4) is 0 Å². The van der Waals surface area contributed by atoms with E-state index >= 15 is 0 Å². The number of amides is 1. The zero-order valence-electron chi connectivity index (χ0n) is 17.2. The largest absolute Gasteiger partial charge is 0.522 e. The van der Waals surface area contributed by atoms with Crippen LogP contribution in [0.2, 0.25) is 0 Å². The van der Waals surface area contributed by atoms with Gasteiger partial charge < -0.3 is 9.73 Å². The lowest BCUT2D eigenvalue weighted by molar-refractivity contribution is -0.352. The summed E-state index contributed by atoms with van der Waals surface area (Å²) in [7, 11) is 0. The van der Waals surface area contributed by atoms with Crippen LogP contribution in [0.4, 0.5) is 17.6 Å². The van der Waals surface area contributed by atoms with Crippen molar-refractivity contribution in [1.29, 1.82) is 0 Å². The van der Waals surface area contributed by atoms with E-state index in [2.05, 4.69) is 25.2 Å². The van der Waals surface area contributed by atoms with Gasteiger partial charge in [-0.05, 0) is 56.4 Å². The molecule has 0 spiro atoms. The maximum Gasteiger partial charge on any atom is 0.522 e. The van der Waals surface area contributed by atoms with Crippen LogP contribution in [-0.4, -0.2) is 39.1 Å². The van der Waals surface area contributed by atoms with Crippen LogP contribution in [0, 0.1) is 5.82 Å². The summed E-state index contributed by atoms with van der Waals surface area (Å²) in [6, 6.07) is 7.42. The molecule has 4 aliphatic carbocycles. The Hall–Kier alpha value is -3.08. The van der Waals surface area contributed by atoms with Crippen molar-refractivity contribution >= 4 is 16.8 Å². The van der Waals surface area contributed by atoms with Gasteiger partial charge in [-0.2, -0.15) is 0 Å². The Morgan fingerprint density at radius 2 is 1.88 bits per heavy atom. The van der Waals surface area contributed by atoms with E-state index in [1.165, 1.54) is 18.2 Å². The summed E-state index contributed by atoms with van der Waals surface area (Å²) in [5.41, 5.74) is 0.148. The van der Waals surface area contributed by atoms with Crippen molar-refractivity contribution < 1.29 is 31.5 Å². The molecule has 11 heteroatoms. The van der Waals surface area contributed by atoms with Crippen molar-refractivity contribution in [2.45, 2.75) is 61.4 Å². The van der Waals surface area contributed by atoms with Gasteiger partial charge in [0.15, 0.2) is 0 Å². The zero-order valence-corrected chi connectivity index (χ0v) is 17.2. The second-order valence-electron chi connectivity index (χ2n) is 9.38. The highest BCUT2D eigenvalue weighted by Gasteiger charge is 2.72. The van der Waals surface area contributed by atoms with Crippen molar-refractivity contribution in [2.24, 2.45) is 0 Å². The molecule has 2 heterocycles. The fourth-order valence-corrected chi connectivity index (χ4v) is 5.34. The summed E-state index contributed by atoms with van der Waals surface area (Å²) >= 11 is 0. The van der Waals surface area contributed by atoms with Gasteiger partial charge in [0, 0.05) is 16.8 Å². The Morgan fingerprint density at radius 3 is 2.61 bits per heavy atom. The molecular weight excluding hydrogens is 444 g/mol. The molecule has 7 rings (SSSR count). The van der Waals surface area contributed by atoms with Crippen LogP contribution in [0.5, 0.6) is 0 Å². The molecule has 33 heavy (non-hydrogen) atoms. The smallest absolute Gasteiger partial charge is 0.424 e. The number of pyridine rings is 1. The number of rotatable bonds is 5. The van der Waals surface area contributed by atoms with Gasteiger partial charge in [0.05, 0.1) is 17.0 Å². The summed E-state index contributed by atoms with van der Waals surface area (Å²) in [4.78, 5) is 17.0. The third kappa shape index (κ3) is 3.45. The second-order valence-corrected chi connectivity index (χ2v) is 9.38. The van der Waals surface area contributed by atoms with Crippen molar-refractivity contribution in [1.82, 2.24) is 20.5 Å². The number of ether oxygens (including phenoxy) is 1. The van der Waals surface area contributed by atoms with Gasteiger partial charge in [0.2, 0.25) is 11.8 Å². The molecule has 0 aliphatic heterocycles. The van der Waals surface area contributed by atoms with E-state index in [9.17, 15) is 22.4 Å². The van der Waals surface area contributed by atoms with Crippen LogP contribution >= 0.6 is 0 Å². The Labute approximate surface area is 184 Å². The van der Waals surface area contributed by atoms with E-state index in [0.29, 0.717) is 41.9 Å².